The average Bonchev–Trinajstić information content (AvgIpc) is 2.59. The molecular weight excluding hydrogens is 322 g/mol. The lowest BCUT2D eigenvalue weighted by Gasteiger charge is -2.13. The van der Waals surface area contributed by atoms with Gasteiger partial charge in [-0.05, 0) is 74.2 Å². The van der Waals surface area contributed by atoms with Gasteiger partial charge in [0.1, 0.15) is 5.75 Å². The topological polar surface area (TPSA) is 34.5 Å². The summed E-state index contributed by atoms with van der Waals surface area (Å²) in [7, 11) is 0. The molecule has 1 heterocycles. The van der Waals surface area contributed by atoms with Crippen LogP contribution in [0.2, 0.25) is 0 Å². The minimum Gasteiger partial charge on any atom is -0.438 e. The molecule has 0 aliphatic heterocycles. The Kier molecular flexibility index (Phi) is 5.80. The monoisotopic (exact) mass is 342 g/mol. The van der Waals surface area contributed by atoms with Crippen LogP contribution < -0.4 is 4.74 Å². The number of hydrogen-bond donors (Lipinski definition) is 0. The quantitative estimate of drug-likeness (QED) is 0.477. The van der Waals surface area contributed by atoms with Crippen LogP contribution in [0.5, 0.6) is 11.6 Å². The van der Waals surface area contributed by atoms with Gasteiger partial charge in [-0.15, -0.1) is 0 Å². The minimum absolute atomic E-state index is 0.0601. The Hall–Kier alpha value is -2.82. The molecule has 0 radical (unpaired) electrons. The average molecular weight is 342 g/mol. The number of ether oxygens (including phenoxy) is 1. The van der Waals surface area contributed by atoms with Crippen molar-refractivity contribution in [2.75, 3.05) is 0 Å². The summed E-state index contributed by atoms with van der Waals surface area (Å²) < 4.78 is 32.4. The van der Waals surface area contributed by atoms with Crippen molar-refractivity contribution in [1.29, 1.82) is 0 Å². The molecule has 2 aromatic rings. The van der Waals surface area contributed by atoms with Crippen molar-refractivity contribution in [3.05, 3.63) is 71.6 Å². The van der Waals surface area contributed by atoms with Gasteiger partial charge in [-0.25, -0.2) is 13.8 Å². The van der Waals surface area contributed by atoms with Gasteiger partial charge in [-0.3, -0.25) is 4.99 Å². The summed E-state index contributed by atoms with van der Waals surface area (Å²) in [5.74, 6) is -2.02. The largest absolute Gasteiger partial charge is 0.438 e. The van der Waals surface area contributed by atoms with E-state index >= 15 is 0 Å². The maximum atomic E-state index is 13.3. The molecule has 1 aromatic carbocycles. The van der Waals surface area contributed by atoms with E-state index in [-0.39, 0.29) is 5.56 Å². The Morgan fingerprint density at radius 3 is 2.48 bits per heavy atom. The number of pyridine rings is 1. The van der Waals surface area contributed by atoms with Crippen LogP contribution in [-0.2, 0) is 5.92 Å². The second-order valence-corrected chi connectivity index (χ2v) is 5.68. The predicted molar refractivity (Wildman–Crippen MR) is 97.3 cm³/mol. The summed E-state index contributed by atoms with van der Waals surface area (Å²) in [6, 6.07) is 9.44. The molecule has 0 saturated carbocycles. The van der Waals surface area contributed by atoms with E-state index < -0.39 is 5.92 Å². The van der Waals surface area contributed by atoms with Crippen LogP contribution in [0, 0.1) is 0 Å². The fourth-order valence-corrected chi connectivity index (χ4v) is 2.19. The highest BCUT2D eigenvalue weighted by Gasteiger charge is 2.23. The molecule has 0 N–H and O–H groups in total. The molecule has 0 saturated heterocycles. The smallest absolute Gasteiger partial charge is 0.270 e. The summed E-state index contributed by atoms with van der Waals surface area (Å²) in [4.78, 5) is 7.96. The van der Waals surface area contributed by atoms with E-state index in [2.05, 4.69) is 16.7 Å². The van der Waals surface area contributed by atoms with E-state index in [0.717, 1.165) is 23.6 Å². The van der Waals surface area contributed by atoms with Gasteiger partial charge in [0.05, 0.1) is 0 Å². The molecule has 0 atom stereocenters. The first-order chi connectivity index (χ1) is 11.8. The van der Waals surface area contributed by atoms with E-state index in [4.69, 9.17) is 4.74 Å². The third kappa shape index (κ3) is 4.83. The van der Waals surface area contributed by atoms with Gasteiger partial charge in [-0.2, -0.15) is 0 Å². The van der Waals surface area contributed by atoms with Crippen molar-refractivity contribution in [3.63, 3.8) is 0 Å². The maximum Gasteiger partial charge on any atom is 0.270 e. The van der Waals surface area contributed by atoms with Crippen LogP contribution in [0.15, 0.2) is 65.4 Å². The molecule has 0 bridgehead atoms. The number of halogens is 2. The summed E-state index contributed by atoms with van der Waals surface area (Å²) in [6.45, 7) is 8.18. The Morgan fingerprint density at radius 2 is 1.88 bits per heavy atom. The summed E-state index contributed by atoms with van der Waals surface area (Å²) >= 11 is 0. The molecule has 0 amide bonds. The van der Waals surface area contributed by atoms with Gasteiger partial charge >= 0.3 is 0 Å². The van der Waals surface area contributed by atoms with E-state index in [1.807, 2.05) is 32.1 Å². The first kappa shape index (κ1) is 18.5. The highest BCUT2D eigenvalue weighted by atomic mass is 19.3. The molecule has 0 fully saturated rings. The number of alkyl halides is 2. The number of aliphatic imine (C=N–C) groups is 1. The number of aromatic nitrogens is 1. The number of nitrogens with zero attached hydrogens (tertiary/aromatic N) is 2. The predicted octanol–water partition coefficient (Wildman–Crippen LogP) is 5.99. The van der Waals surface area contributed by atoms with Crippen LogP contribution in [0.1, 0.15) is 31.9 Å². The lowest BCUT2D eigenvalue weighted by molar-refractivity contribution is 0.0174. The maximum absolute atomic E-state index is 13.3. The fourth-order valence-electron chi connectivity index (χ4n) is 2.19. The highest BCUT2D eigenvalue weighted by Crippen LogP contribution is 2.32. The SMILES string of the molecule is C=N/C=C\C(C)=C(/C)c1cccnc1Oc1ccc(C(C)(F)F)cc1. The van der Waals surface area contributed by atoms with Crippen molar-refractivity contribution in [3.8, 4) is 11.6 Å². The molecule has 25 heavy (non-hydrogen) atoms. The molecule has 130 valence electrons. The molecular formula is C20H20F2N2O. The lowest BCUT2D eigenvalue weighted by atomic mass is 10.0. The first-order valence-electron chi connectivity index (χ1n) is 7.74. The Morgan fingerprint density at radius 1 is 1.20 bits per heavy atom. The fraction of sp³-hybridized carbons (Fsp3) is 0.200. The van der Waals surface area contributed by atoms with E-state index in [0.29, 0.717) is 11.6 Å². The van der Waals surface area contributed by atoms with Crippen LogP contribution >= 0.6 is 0 Å². The third-order valence-corrected chi connectivity index (χ3v) is 3.77. The summed E-state index contributed by atoms with van der Waals surface area (Å²) in [6.07, 6.45) is 5.08. The van der Waals surface area contributed by atoms with Gasteiger partial charge in [0, 0.05) is 30.4 Å². The molecule has 3 nitrogen and oxygen atoms in total. The summed E-state index contributed by atoms with van der Waals surface area (Å²) in [5.41, 5.74) is 2.72. The van der Waals surface area contributed by atoms with Gasteiger partial charge in [-0.1, -0.05) is 0 Å². The zero-order chi connectivity index (χ0) is 18.4. The van der Waals surface area contributed by atoms with Crippen molar-refractivity contribution < 1.29 is 13.5 Å². The van der Waals surface area contributed by atoms with E-state index in [1.54, 1.807) is 12.4 Å². The van der Waals surface area contributed by atoms with Crippen molar-refractivity contribution in [1.82, 2.24) is 4.98 Å². The van der Waals surface area contributed by atoms with Crippen molar-refractivity contribution in [2.45, 2.75) is 26.7 Å². The number of benzene rings is 1. The van der Waals surface area contributed by atoms with Crippen molar-refractivity contribution in [2.24, 2.45) is 4.99 Å². The van der Waals surface area contributed by atoms with E-state index in [9.17, 15) is 8.78 Å². The molecule has 0 aliphatic rings. The van der Waals surface area contributed by atoms with Gasteiger partial charge in [0.2, 0.25) is 5.88 Å². The minimum atomic E-state index is -2.88. The number of allylic oxidation sites excluding steroid dienone is 3. The van der Waals surface area contributed by atoms with Crippen LogP contribution in [-0.4, -0.2) is 11.7 Å². The first-order valence-corrected chi connectivity index (χ1v) is 7.74. The van der Waals surface area contributed by atoms with Crippen molar-refractivity contribution >= 4 is 12.3 Å². The molecule has 0 aliphatic carbocycles. The highest BCUT2D eigenvalue weighted by molar-refractivity contribution is 5.72. The Labute approximate surface area is 146 Å². The van der Waals surface area contributed by atoms with Crippen LogP contribution in [0.25, 0.3) is 5.57 Å². The lowest BCUT2D eigenvalue weighted by Crippen LogP contribution is -2.06. The zero-order valence-corrected chi connectivity index (χ0v) is 14.5. The standard InChI is InChI=1S/C20H20F2N2O/c1-14(11-13-23-4)15(2)18-6-5-12-24-19(18)25-17-9-7-16(8-10-17)20(3,21)22/h5-13H,4H2,1-3H3/b13-11-,15-14+. The van der Waals surface area contributed by atoms with Gasteiger partial charge in [0.15, 0.2) is 0 Å². The third-order valence-electron chi connectivity index (χ3n) is 3.77. The second-order valence-electron chi connectivity index (χ2n) is 5.68. The number of hydrogen-bond acceptors (Lipinski definition) is 3. The second kappa shape index (κ2) is 7.83. The Balaban J connectivity index is 2.32. The molecule has 0 spiro atoms. The molecule has 0 unspecified atom stereocenters. The van der Waals surface area contributed by atoms with Gasteiger partial charge in [0.25, 0.3) is 5.92 Å². The normalized spacial score (nSPS) is 12.8. The summed E-state index contributed by atoms with van der Waals surface area (Å²) in [5, 5.41) is 0. The molecule has 2 rings (SSSR count). The van der Waals surface area contributed by atoms with Crippen LogP contribution in [0.3, 0.4) is 0 Å². The van der Waals surface area contributed by atoms with Crippen LogP contribution in [0.4, 0.5) is 8.78 Å². The van der Waals surface area contributed by atoms with Gasteiger partial charge < -0.3 is 4.74 Å². The Bertz CT molecular complexity index is 803. The molecule has 5 heteroatoms. The molecule has 1 aromatic heterocycles. The number of rotatable bonds is 6. The zero-order valence-electron chi connectivity index (χ0n) is 14.5. The van der Waals surface area contributed by atoms with E-state index in [1.165, 1.54) is 24.3 Å².